The molecule has 2 unspecified atom stereocenters. The second-order valence-corrected chi connectivity index (χ2v) is 5.10. The van der Waals surface area contributed by atoms with Crippen LogP contribution in [0.3, 0.4) is 0 Å². The number of hydrogen-bond acceptors (Lipinski definition) is 1. The summed E-state index contributed by atoms with van der Waals surface area (Å²) >= 11 is 6.93. The van der Waals surface area contributed by atoms with Gasteiger partial charge in [-0.2, -0.15) is 0 Å². The lowest BCUT2D eigenvalue weighted by Crippen LogP contribution is -2.07. The summed E-state index contributed by atoms with van der Waals surface area (Å²) in [7, 11) is 0. The molecule has 0 aliphatic carbocycles. The van der Waals surface area contributed by atoms with Crippen LogP contribution in [0.2, 0.25) is 0 Å². The lowest BCUT2D eigenvalue weighted by Gasteiger charge is -2.12. The molecule has 0 spiro atoms. The summed E-state index contributed by atoms with van der Waals surface area (Å²) in [5.41, 5.74) is 1.28. The highest BCUT2D eigenvalue weighted by Gasteiger charge is 2.25. The minimum atomic E-state index is 0.287. The molecule has 2 atom stereocenters. The van der Waals surface area contributed by atoms with Crippen molar-refractivity contribution in [2.75, 3.05) is 5.33 Å². The van der Waals surface area contributed by atoms with Gasteiger partial charge in [-0.05, 0) is 30.5 Å². The van der Waals surface area contributed by atoms with Gasteiger partial charge in [-0.15, -0.1) is 0 Å². The number of halogens is 2. The maximum atomic E-state index is 5.88. The predicted octanol–water partition coefficient (Wildman–Crippen LogP) is 4.06. The fourth-order valence-electron chi connectivity index (χ4n) is 1.77. The van der Waals surface area contributed by atoms with Crippen molar-refractivity contribution < 1.29 is 4.74 Å². The molecule has 0 N–H and O–H groups in total. The minimum absolute atomic E-state index is 0.287. The number of benzene rings is 1. The van der Waals surface area contributed by atoms with E-state index in [0.717, 1.165) is 22.6 Å². The Labute approximate surface area is 101 Å². The molecule has 0 amide bonds. The van der Waals surface area contributed by atoms with Gasteiger partial charge in [0.05, 0.1) is 12.2 Å². The largest absolute Gasteiger partial charge is 0.369 e. The maximum absolute atomic E-state index is 5.88. The van der Waals surface area contributed by atoms with E-state index in [9.17, 15) is 0 Å². The SMILES string of the molecule is BrCC1CCC(c2cccc(Br)c2)O1. The fourth-order valence-corrected chi connectivity index (χ4v) is 2.66. The molecule has 3 heteroatoms. The van der Waals surface area contributed by atoms with Crippen molar-refractivity contribution in [2.24, 2.45) is 0 Å². The zero-order valence-electron chi connectivity index (χ0n) is 7.75. The van der Waals surface area contributed by atoms with Crippen LogP contribution >= 0.6 is 31.9 Å². The van der Waals surface area contributed by atoms with Crippen LogP contribution in [0.5, 0.6) is 0 Å². The zero-order chi connectivity index (χ0) is 9.97. The molecule has 0 radical (unpaired) electrons. The Morgan fingerprint density at radius 3 is 2.86 bits per heavy atom. The second kappa shape index (κ2) is 4.77. The Bertz CT molecular complexity index is 314. The number of alkyl halides is 1. The molecule has 1 aliphatic heterocycles. The van der Waals surface area contributed by atoms with Crippen molar-refractivity contribution in [3.05, 3.63) is 34.3 Å². The number of rotatable bonds is 2. The Morgan fingerprint density at radius 2 is 2.21 bits per heavy atom. The summed E-state index contributed by atoms with van der Waals surface area (Å²) in [4.78, 5) is 0. The molecular formula is C11H12Br2O. The van der Waals surface area contributed by atoms with E-state index in [-0.39, 0.29) is 6.10 Å². The van der Waals surface area contributed by atoms with Crippen LogP contribution in [0.25, 0.3) is 0 Å². The third-order valence-corrected chi connectivity index (χ3v) is 3.72. The second-order valence-electron chi connectivity index (χ2n) is 3.53. The first-order valence-corrected chi connectivity index (χ1v) is 6.68. The van der Waals surface area contributed by atoms with Gasteiger partial charge in [-0.3, -0.25) is 0 Å². The van der Waals surface area contributed by atoms with Gasteiger partial charge in [0.25, 0.3) is 0 Å². The van der Waals surface area contributed by atoms with E-state index >= 15 is 0 Å². The van der Waals surface area contributed by atoms with Gasteiger partial charge in [0.15, 0.2) is 0 Å². The normalized spacial score (nSPS) is 26.7. The lowest BCUT2D eigenvalue weighted by atomic mass is 10.1. The average Bonchev–Trinajstić information content (AvgIpc) is 2.66. The smallest absolute Gasteiger partial charge is 0.0830 e. The van der Waals surface area contributed by atoms with Gasteiger partial charge in [0.1, 0.15) is 0 Å². The van der Waals surface area contributed by atoms with Crippen LogP contribution in [0.4, 0.5) is 0 Å². The number of ether oxygens (including phenoxy) is 1. The Morgan fingerprint density at radius 1 is 1.36 bits per heavy atom. The lowest BCUT2D eigenvalue weighted by molar-refractivity contribution is 0.0588. The van der Waals surface area contributed by atoms with Gasteiger partial charge in [0, 0.05) is 9.80 Å². The topological polar surface area (TPSA) is 9.23 Å². The monoisotopic (exact) mass is 318 g/mol. The van der Waals surface area contributed by atoms with Gasteiger partial charge < -0.3 is 4.74 Å². The van der Waals surface area contributed by atoms with Crippen LogP contribution in [0.15, 0.2) is 28.7 Å². The van der Waals surface area contributed by atoms with E-state index in [2.05, 4.69) is 50.1 Å². The van der Waals surface area contributed by atoms with Gasteiger partial charge in [-0.25, -0.2) is 0 Å². The third kappa shape index (κ3) is 2.38. The summed E-state index contributed by atoms with van der Waals surface area (Å²) in [6, 6.07) is 8.37. The van der Waals surface area contributed by atoms with E-state index in [1.807, 2.05) is 6.07 Å². The summed E-state index contributed by atoms with van der Waals surface area (Å²) in [5.74, 6) is 0. The molecule has 1 saturated heterocycles. The molecule has 2 rings (SSSR count). The first-order chi connectivity index (χ1) is 6.79. The molecule has 1 nitrogen and oxygen atoms in total. The van der Waals surface area contributed by atoms with Crippen LogP contribution < -0.4 is 0 Å². The fraction of sp³-hybridized carbons (Fsp3) is 0.455. The van der Waals surface area contributed by atoms with Crippen molar-refractivity contribution in [1.29, 1.82) is 0 Å². The Balaban J connectivity index is 2.09. The minimum Gasteiger partial charge on any atom is -0.369 e. The molecule has 0 bridgehead atoms. The first-order valence-electron chi connectivity index (χ1n) is 4.76. The molecular weight excluding hydrogens is 308 g/mol. The van der Waals surface area contributed by atoms with Crippen molar-refractivity contribution >= 4 is 31.9 Å². The first kappa shape index (κ1) is 10.7. The molecule has 1 aromatic carbocycles. The summed E-state index contributed by atoms with van der Waals surface area (Å²) < 4.78 is 7.01. The van der Waals surface area contributed by atoms with Crippen LogP contribution in [-0.2, 0) is 4.74 Å². The van der Waals surface area contributed by atoms with Crippen LogP contribution in [0, 0.1) is 0 Å². The molecule has 14 heavy (non-hydrogen) atoms. The Kier molecular flexibility index (Phi) is 3.63. The summed E-state index contributed by atoms with van der Waals surface area (Å²) in [5, 5.41) is 0.942. The van der Waals surface area contributed by atoms with Gasteiger partial charge >= 0.3 is 0 Å². The molecule has 1 heterocycles. The van der Waals surface area contributed by atoms with Crippen molar-refractivity contribution in [3.8, 4) is 0 Å². The maximum Gasteiger partial charge on any atom is 0.0830 e. The highest BCUT2D eigenvalue weighted by atomic mass is 79.9. The average molecular weight is 320 g/mol. The van der Waals surface area contributed by atoms with Crippen molar-refractivity contribution in [1.82, 2.24) is 0 Å². The number of hydrogen-bond donors (Lipinski definition) is 0. The predicted molar refractivity (Wildman–Crippen MR) is 64.8 cm³/mol. The van der Waals surface area contributed by atoms with E-state index in [4.69, 9.17) is 4.74 Å². The van der Waals surface area contributed by atoms with E-state index in [1.54, 1.807) is 0 Å². The van der Waals surface area contributed by atoms with E-state index in [1.165, 1.54) is 5.56 Å². The highest BCUT2D eigenvalue weighted by molar-refractivity contribution is 9.10. The zero-order valence-corrected chi connectivity index (χ0v) is 10.9. The standard InChI is InChI=1S/C11H12Br2O/c12-7-10-4-5-11(14-10)8-2-1-3-9(13)6-8/h1-3,6,10-11H,4-5,7H2. The molecule has 1 aromatic rings. The highest BCUT2D eigenvalue weighted by Crippen LogP contribution is 2.34. The molecule has 0 aromatic heterocycles. The third-order valence-electron chi connectivity index (χ3n) is 2.50. The summed E-state index contributed by atoms with van der Waals surface area (Å²) in [6.45, 7) is 0. The van der Waals surface area contributed by atoms with Crippen LogP contribution in [-0.4, -0.2) is 11.4 Å². The van der Waals surface area contributed by atoms with Crippen molar-refractivity contribution in [3.63, 3.8) is 0 Å². The molecule has 0 saturated carbocycles. The van der Waals surface area contributed by atoms with E-state index in [0.29, 0.717) is 6.10 Å². The van der Waals surface area contributed by atoms with Crippen LogP contribution in [0.1, 0.15) is 24.5 Å². The quantitative estimate of drug-likeness (QED) is 0.747. The van der Waals surface area contributed by atoms with Gasteiger partial charge in [-0.1, -0.05) is 44.0 Å². The van der Waals surface area contributed by atoms with E-state index < -0.39 is 0 Å². The Hall–Kier alpha value is 0.140. The molecule has 1 aliphatic rings. The molecule has 76 valence electrons. The molecule has 1 fully saturated rings. The van der Waals surface area contributed by atoms with Crippen molar-refractivity contribution in [2.45, 2.75) is 25.0 Å². The summed E-state index contributed by atoms with van der Waals surface area (Å²) in [6.07, 6.45) is 2.96. The van der Waals surface area contributed by atoms with Gasteiger partial charge in [0.2, 0.25) is 0 Å².